The van der Waals surface area contributed by atoms with Crippen molar-refractivity contribution >= 4 is 11.5 Å². The zero-order valence-electron chi connectivity index (χ0n) is 6.15. The first-order valence-corrected chi connectivity index (χ1v) is 3.34. The second kappa shape index (κ2) is 1.95. The van der Waals surface area contributed by atoms with Crippen molar-refractivity contribution in [3.63, 3.8) is 0 Å². The summed E-state index contributed by atoms with van der Waals surface area (Å²) >= 11 is 0. The van der Waals surface area contributed by atoms with Crippen LogP contribution in [0.2, 0.25) is 0 Å². The molecule has 0 radical (unpaired) electrons. The molecule has 2 N–H and O–H groups in total. The fraction of sp³-hybridized carbons (Fsp3) is 0.143. The molecule has 56 valence electrons. The second-order valence-corrected chi connectivity index (χ2v) is 2.44. The van der Waals surface area contributed by atoms with Crippen LogP contribution in [0.1, 0.15) is 5.56 Å². The van der Waals surface area contributed by atoms with Crippen molar-refractivity contribution in [3.05, 3.63) is 24.0 Å². The molecule has 0 unspecified atom stereocenters. The fourth-order valence-corrected chi connectivity index (χ4v) is 0.956. The van der Waals surface area contributed by atoms with E-state index in [2.05, 4.69) is 10.1 Å². The largest absolute Gasteiger partial charge is 0.383 e. The third kappa shape index (κ3) is 0.832. The second-order valence-electron chi connectivity index (χ2n) is 2.44. The van der Waals surface area contributed by atoms with Gasteiger partial charge in [0.05, 0.1) is 6.20 Å². The minimum atomic E-state index is 0.568. The van der Waals surface area contributed by atoms with E-state index in [0.717, 1.165) is 11.2 Å². The van der Waals surface area contributed by atoms with Gasteiger partial charge in [-0.3, -0.25) is 0 Å². The number of aryl methyl sites for hydroxylation is 1. The number of hydrogen-bond acceptors (Lipinski definition) is 3. The van der Waals surface area contributed by atoms with Crippen molar-refractivity contribution in [1.82, 2.24) is 14.6 Å². The molecule has 0 aliphatic carbocycles. The Balaban J connectivity index is 2.86. The fourth-order valence-electron chi connectivity index (χ4n) is 0.956. The molecule has 2 rings (SSSR count). The van der Waals surface area contributed by atoms with Crippen molar-refractivity contribution in [1.29, 1.82) is 0 Å². The van der Waals surface area contributed by atoms with Crippen LogP contribution < -0.4 is 5.73 Å². The van der Waals surface area contributed by atoms with E-state index in [1.165, 1.54) is 0 Å². The van der Waals surface area contributed by atoms with Crippen LogP contribution >= 0.6 is 0 Å². The van der Waals surface area contributed by atoms with Gasteiger partial charge >= 0.3 is 0 Å². The molecule has 0 saturated heterocycles. The Morgan fingerprint density at radius 1 is 1.55 bits per heavy atom. The molecule has 0 aromatic carbocycles. The number of rotatable bonds is 0. The monoisotopic (exact) mass is 148 g/mol. The van der Waals surface area contributed by atoms with Crippen molar-refractivity contribution < 1.29 is 0 Å². The number of nitrogens with two attached hydrogens (primary N) is 1. The molecule has 11 heavy (non-hydrogen) atoms. The summed E-state index contributed by atoms with van der Waals surface area (Å²) in [5.74, 6) is 0.568. The predicted molar refractivity (Wildman–Crippen MR) is 42.1 cm³/mol. The Bertz CT molecular complexity index is 354. The summed E-state index contributed by atoms with van der Waals surface area (Å²) < 4.78 is 1.70. The maximum atomic E-state index is 5.59. The lowest BCUT2D eigenvalue weighted by molar-refractivity contribution is 0.931. The Hall–Kier alpha value is -1.58. The Morgan fingerprint density at radius 3 is 3.18 bits per heavy atom. The van der Waals surface area contributed by atoms with Gasteiger partial charge < -0.3 is 5.73 Å². The third-order valence-corrected chi connectivity index (χ3v) is 1.60. The molecular formula is C7H8N4. The average Bonchev–Trinajstić information content (AvgIpc) is 2.36. The van der Waals surface area contributed by atoms with Crippen molar-refractivity contribution in [2.45, 2.75) is 6.92 Å². The van der Waals surface area contributed by atoms with Crippen LogP contribution in [-0.2, 0) is 0 Å². The van der Waals surface area contributed by atoms with Gasteiger partial charge in [-0.05, 0) is 6.92 Å². The van der Waals surface area contributed by atoms with Crippen LogP contribution in [0.4, 0.5) is 5.82 Å². The van der Waals surface area contributed by atoms with Crippen LogP contribution in [0.5, 0.6) is 0 Å². The molecule has 0 aliphatic heterocycles. The van der Waals surface area contributed by atoms with Crippen LogP contribution in [0.15, 0.2) is 18.5 Å². The van der Waals surface area contributed by atoms with Crippen LogP contribution in [0, 0.1) is 6.92 Å². The van der Waals surface area contributed by atoms with E-state index in [1.54, 1.807) is 10.7 Å². The molecule has 0 saturated carbocycles. The summed E-state index contributed by atoms with van der Waals surface area (Å²) in [7, 11) is 0. The van der Waals surface area contributed by atoms with E-state index in [9.17, 15) is 0 Å². The minimum Gasteiger partial charge on any atom is -0.383 e. The van der Waals surface area contributed by atoms with Gasteiger partial charge in [0.1, 0.15) is 5.82 Å². The highest BCUT2D eigenvalue weighted by Crippen LogP contribution is 2.07. The van der Waals surface area contributed by atoms with Crippen LogP contribution in [0.25, 0.3) is 5.65 Å². The van der Waals surface area contributed by atoms with Crippen molar-refractivity contribution in [2.75, 3.05) is 5.73 Å². The molecule has 2 aromatic heterocycles. The highest BCUT2D eigenvalue weighted by atomic mass is 15.2. The number of hydrogen-bond donors (Lipinski definition) is 1. The molecule has 0 amide bonds. The Morgan fingerprint density at radius 2 is 2.36 bits per heavy atom. The zero-order chi connectivity index (χ0) is 7.84. The van der Waals surface area contributed by atoms with Crippen molar-refractivity contribution in [3.8, 4) is 0 Å². The van der Waals surface area contributed by atoms with E-state index >= 15 is 0 Å². The van der Waals surface area contributed by atoms with E-state index in [0.29, 0.717) is 5.82 Å². The normalized spacial score (nSPS) is 10.6. The maximum absolute atomic E-state index is 5.59. The lowest BCUT2D eigenvalue weighted by Gasteiger charge is -1.98. The molecule has 0 aliphatic rings. The number of nitrogen functional groups attached to an aromatic ring is 1. The van der Waals surface area contributed by atoms with Crippen LogP contribution in [0.3, 0.4) is 0 Å². The summed E-state index contributed by atoms with van der Waals surface area (Å²) in [4.78, 5) is 4.11. The van der Waals surface area contributed by atoms with Gasteiger partial charge in [-0.2, -0.15) is 5.10 Å². The van der Waals surface area contributed by atoms with Crippen molar-refractivity contribution in [2.24, 2.45) is 0 Å². The summed E-state index contributed by atoms with van der Waals surface area (Å²) in [6.07, 6.45) is 3.55. The number of aromatic nitrogens is 3. The van der Waals surface area contributed by atoms with Gasteiger partial charge in [0.2, 0.25) is 0 Å². The van der Waals surface area contributed by atoms with E-state index in [1.807, 2.05) is 19.2 Å². The SMILES string of the molecule is Cc1cn2nccc2nc1N. The first-order chi connectivity index (χ1) is 5.27. The minimum absolute atomic E-state index is 0.568. The van der Waals surface area contributed by atoms with Gasteiger partial charge in [-0.25, -0.2) is 9.50 Å². The zero-order valence-corrected chi connectivity index (χ0v) is 6.15. The van der Waals surface area contributed by atoms with E-state index < -0.39 is 0 Å². The Kier molecular flexibility index (Phi) is 1.09. The van der Waals surface area contributed by atoms with Crippen LogP contribution in [-0.4, -0.2) is 14.6 Å². The standard InChI is InChI=1S/C7H8N4/c1-5-4-11-6(2-3-9-11)10-7(5)8/h2-4H,1H3,(H2,8,10). The molecule has 0 atom stereocenters. The van der Waals surface area contributed by atoms with Gasteiger partial charge in [0.15, 0.2) is 5.65 Å². The number of nitrogens with zero attached hydrogens (tertiary/aromatic N) is 3. The topological polar surface area (TPSA) is 56.2 Å². The Labute approximate surface area is 63.7 Å². The summed E-state index contributed by atoms with van der Waals surface area (Å²) in [5.41, 5.74) is 7.32. The molecule has 4 heteroatoms. The molecule has 0 spiro atoms. The van der Waals surface area contributed by atoms with Gasteiger partial charge in [-0.15, -0.1) is 0 Å². The molecular weight excluding hydrogens is 140 g/mol. The summed E-state index contributed by atoms with van der Waals surface area (Å²) in [6.45, 7) is 1.91. The highest BCUT2D eigenvalue weighted by molar-refractivity contribution is 5.47. The van der Waals surface area contributed by atoms with Gasteiger partial charge in [0.25, 0.3) is 0 Å². The van der Waals surface area contributed by atoms with Gasteiger partial charge in [-0.1, -0.05) is 0 Å². The summed E-state index contributed by atoms with van der Waals surface area (Å²) in [5, 5.41) is 4.02. The maximum Gasteiger partial charge on any atom is 0.157 e. The van der Waals surface area contributed by atoms with E-state index in [4.69, 9.17) is 5.73 Å². The smallest absolute Gasteiger partial charge is 0.157 e. The predicted octanol–water partition coefficient (Wildman–Crippen LogP) is 0.620. The van der Waals surface area contributed by atoms with Gasteiger partial charge in [0, 0.05) is 17.8 Å². The average molecular weight is 148 g/mol. The molecule has 4 nitrogen and oxygen atoms in total. The lowest BCUT2D eigenvalue weighted by atomic mass is 10.3. The lowest BCUT2D eigenvalue weighted by Crippen LogP contribution is -1.98. The number of anilines is 1. The molecule has 2 heterocycles. The van der Waals surface area contributed by atoms with E-state index in [-0.39, 0.29) is 0 Å². The molecule has 0 fully saturated rings. The first kappa shape index (κ1) is 6.15. The number of fused-ring (bicyclic) bond motifs is 1. The molecule has 0 bridgehead atoms. The highest BCUT2D eigenvalue weighted by Gasteiger charge is 1.98. The molecule has 2 aromatic rings. The quantitative estimate of drug-likeness (QED) is 0.595. The first-order valence-electron chi connectivity index (χ1n) is 3.34. The third-order valence-electron chi connectivity index (χ3n) is 1.60. The summed E-state index contributed by atoms with van der Waals surface area (Å²) in [6, 6.07) is 1.82.